The molecule has 0 rings (SSSR count). The van der Waals surface area contributed by atoms with Crippen LogP contribution >= 0.6 is 0 Å². The zero-order valence-electron chi connectivity index (χ0n) is 4.73. The molecule has 0 aliphatic carbocycles. The van der Waals surface area contributed by atoms with Crippen LogP contribution in [-0.2, 0) is 9.52 Å². The molecule has 0 radical (unpaired) electrons. The van der Waals surface area contributed by atoms with E-state index in [1.807, 2.05) is 0 Å². The standard InChI is InChI=1S/C5H10OS/c1-5(2)7(3,4)6/h1,3H2,2,4H3. The van der Waals surface area contributed by atoms with Gasteiger partial charge in [0.25, 0.3) is 0 Å². The average Bonchev–Trinajstić information content (AvgIpc) is 1.31. The lowest BCUT2D eigenvalue weighted by Gasteiger charge is -1.95. The van der Waals surface area contributed by atoms with Crippen LogP contribution in [-0.4, -0.2) is 16.3 Å². The minimum absolute atomic E-state index is 0.660. The van der Waals surface area contributed by atoms with E-state index in [4.69, 9.17) is 0 Å². The molecule has 7 heavy (non-hydrogen) atoms. The first-order valence-electron chi connectivity index (χ1n) is 1.92. The Kier molecular flexibility index (Phi) is 1.64. The first kappa shape index (κ1) is 6.76. The fraction of sp³-hybridized carbons (Fsp3) is 0.400. The van der Waals surface area contributed by atoms with Gasteiger partial charge in [-0.1, -0.05) is 6.58 Å². The van der Waals surface area contributed by atoms with Gasteiger partial charge < -0.3 is 0 Å². The van der Waals surface area contributed by atoms with Gasteiger partial charge in [-0.2, -0.15) is 0 Å². The van der Waals surface area contributed by atoms with Crippen molar-refractivity contribution in [1.29, 1.82) is 0 Å². The summed E-state index contributed by atoms with van der Waals surface area (Å²) in [6, 6.07) is 0. The van der Waals surface area contributed by atoms with E-state index in [9.17, 15) is 4.21 Å². The fourth-order valence-electron chi connectivity index (χ4n) is 0. The highest BCUT2D eigenvalue weighted by atomic mass is 32.2. The highest BCUT2D eigenvalue weighted by molar-refractivity contribution is 8.03. The zero-order chi connectivity index (χ0) is 6.08. The summed E-state index contributed by atoms with van der Waals surface area (Å²) < 4.78 is 10.7. The van der Waals surface area contributed by atoms with Crippen LogP contribution in [0.2, 0.25) is 0 Å². The molecule has 0 fully saturated rings. The van der Waals surface area contributed by atoms with Gasteiger partial charge in [-0.25, -0.2) is 0 Å². The van der Waals surface area contributed by atoms with Crippen molar-refractivity contribution < 1.29 is 4.21 Å². The van der Waals surface area contributed by atoms with Crippen molar-refractivity contribution >= 4 is 15.4 Å². The van der Waals surface area contributed by atoms with E-state index < -0.39 is 9.52 Å². The quantitative estimate of drug-likeness (QED) is 0.467. The zero-order valence-corrected chi connectivity index (χ0v) is 5.55. The molecule has 0 aromatic carbocycles. The SMILES string of the molecule is C=C(C)S(=C)(C)=O. The molecule has 42 valence electrons. The predicted octanol–water partition coefficient (Wildman–Crippen LogP) is 0.866. The first-order chi connectivity index (χ1) is 2.94. The summed E-state index contributed by atoms with van der Waals surface area (Å²) in [6.07, 6.45) is 1.58. The van der Waals surface area contributed by atoms with Crippen LogP contribution in [0.3, 0.4) is 0 Å². The fourth-order valence-corrected chi connectivity index (χ4v) is 0. The number of hydrogen-bond donors (Lipinski definition) is 0. The summed E-state index contributed by atoms with van der Waals surface area (Å²) in [6.45, 7) is 5.21. The lowest BCUT2D eigenvalue weighted by molar-refractivity contribution is 0.688. The third-order valence-electron chi connectivity index (χ3n) is 0.737. The summed E-state index contributed by atoms with van der Waals surface area (Å²) in [5.41, 5.74) is 0. The van der Waals surface area contributed by atoms with Crippen LogP contribution in [0.4, 0.5) is 0 Å². The van der Waals surface area contributed by atoms with Crippen molar-refractivity contribution in [3.8, 4) is 0 Å². The minimum Gasteiger partial charge on any atom is -0.264 e. The molecule has 1 atom stereocenters. The third-order valence-corrected chi connectivity index (χ3v) is 2.21. The first-order valence-corrected chi connectivity index (χ1v) is 4.06. The van der Waals surface area contributed by atoms with Crippen molar-refractivity contribution in [3.63, 3.8) is 0 Å². The van der Waals surface area contributed by atoms with Crippen LogP contribution < -0.4 is 0 Å². The van der Waals surface area contributed by atoms with Crippen LogP contribution in [0, 0.1) is 0 Å². The van der Waals surface area contributed by atoms with E-state index in [1.54, 1.807) is 13.2 Å². The Morgan fingerprint density at radius 1 is 1.71 bits per heavy atom. The van der Waals surface area contributed by atoms with Crippen molar-refractivity contribution in [3.05, 3.63) is 11.5 Å². The van der Waals surface area contributed by atoms with Gasteiger partial charge in [0.1, 0.15) is 0 Å². The number of allylic oxidation sites excluding steroid dienone is 1. The molecule has 0 aromatic rings. The molecule has 2 heteroatoms. The minimum atomic E-state index is -1.94. The number of hydrogen-bond acceptors (Lipinski definition) is 1. The van der Waals surface area contributed by atoms with Crippen molar-refractivity contribution in [2.45, 2.75) is 6.92 Å². The van der Waals surface area contributed by atoms with Crippen LogP contribution in [0.5, 0.6) is 0 Å². The normalized spacial score (nSPS) is 18.0. The predicted molar refractivity (Wildman–Crippen MR) is 36.0 cm³/mol. The van der Waals surface area contributed by atoms with Gasteiger partial charge in [-0.05, 0) is 27.2 Å². The maximum Gasteiger partial charge on any atom is 0.00830 e. The van der Waals surface area contributed by atoms with Gasteiger partial charge in [0, 0.05) is 6.26 Å². The molecule has 0 aromatic heterocycles. The second kappa shape index (κ2) is 1.70. The van der Waals surface area contributed by atoms with Gasteiger partial charge in [-0.15, -0.1) is 0 Å². The van der Waals surface area contributed by atoms with Crippen molar-refractivity contribution in [2.24, 2.45) is 0 Å². The van der Waals surface area contributed by atoms with Gasteiger partial charge in [0.05, 0.1) is 0 Å². The second-order valence-corrected chi connectivity index (χ2v) is 4.41. The molecule has 1 nitrogen and oxygen atoms in total. The molecule has 0 aliphatic rings. The Morgan fingerprint density at radius 2 is 1.86 bits per heavy atom. The molecule has 0 amide bonds. The summed E-state index contributed by atoms with van der Waals surface area (Å²) >= 11 is 0. The van der Waals surface area contributed by atoms with E-state index in [1.165, 1.54) is 0 Å². The largest absolute Gasteiger partial charge is 0.264 e. The van der Waals surface area contributed by atoms with E-state index in [0.717, 1.165) is 0 Å². The summed E-state index contributed by atoms with van der Waals surface area (Å²) in [7, 11) is -1.94. The van der Waals surface area contributed by atoms with E-state index in [2.05, 4.69) is 12.4 Å². The molecule has 0 aliphatic heterocycles. The maximum atomic E-state index is 10.7. The summed E-state index contributed by atoms with van der Waals surface area (Å²) in [5, 5.41) is 0. The summed E-state index contributed by atoms with van der Waals surface area (Å²) in [5.74, 6) is 3.40. The van der Waals surface area contributed by atoms with Crippen LogP contribution in [0.1, 0.15) is 6.92 Å². The average molecular weight is 118 g/mol. The Balaban J connectivity index is 4.43. The Hall–Kier alpha value is -0.240. The smallest absolute Gasteiger partial charge is 0.00830 e. The van der Waals surface area contributed by atoms with Crippen molar-refractivity contribution in [2.75, 3.05) is 6.26 Å². The van der Waals surface area contributed by atoms with Crippen LogP contribution in [0.15, 0.2) is 11.5 Å². The lowest BCUT2D eigenvalue weighted by atomic mass is 10.8. The van der Waals surface area contributed by atoms with Gasteiger partial charge in [0.2, 0.25) is 0 Å². The van der Waals surface area contributed by atoms with E-state index in [-0.39, 0.29) is 0 Å². The van der Waals surface area contributed by atoms with E-state index >= 15 is 0 Å². The topological polar surface area (TPSA) is 17.1 Å². The maximum absolute atomic E-state index is 10.7. The third kappa shape index (κ3) is 2.45. The monoisotopic (exact) mass is 118 g/mol. The molecular weight excluding hydrogens is 108 g/mol. The second-order valence-electron chi connectivity index (χ2n) is 1.71. The summed E-state index contributed by atoms with van der Waals surface area (Å²) in [4.78, 5) is 0.660. The molecule has 0 saturated carbocycles. The lowest BCUT2D eigenvalue weighted by Crippen LogP contribution is -1.93. The Bertz CT molecular complexity index is 163. The van der Waals surface area contributed by atoms with Crippen molar-refractivity contribution in [1.82, 2.24) is 0 Å². The highest BCUT2D eigenvalue weighted by Gasteiger charge is 1.90. The molecule has 0 bridgehead atoms. The molecule has 0 heterocycles. The molecule has 0 spiro atoms. The molecule has 0 N–H and O–H groups in total. The Labute approximate surface area is 45.1 Å². The van der Waals surface area contributed by atoms with Crippen LogP contribution in [0.25, 0.3) is 0 Å². The number of rotatable bonds is 1. The molecule has 0 saturated heterocycles. The highest BCUT2D eigenvalue weighted by Crippen LogP contribution is 1.95. The van der Waals surface area contributed by atoms with Gasteiger partial charge in [-0.3, -0.25) is 4.21 Å². The van der Waals surface area contributed by atoms with E-state index in [0.29, 0.717) is 4.91 Å². The Morgan fingerprint density at radius 3 is 1.86 bits per heavy atom. The molecular formula is C5H10OS. The van der Waals surface area contributed by atoms with Gasteiger partial charge in [0.15, 0.2) is 0 Å². The molecule has 1 unspecified atom stereocenters. The van der Waals surface area contributed by atoms with Gasteiger partial charge >= 0.3 is 0 Å².